The van der Waals surface area contributed by atoms with Crippen molar-refractivity contribution in [2.24, 2.45) is 11.8 Å². The second-order valence-corrected chi connectivity index (χ2v) is 15.3. The fourth-order valence-corrected chi connectivity index (χ4v) is 6.19. The van der Waals surface area contributed by atoms with E-state index in [0.717, 1.165) is 69.6 Å². The molecule has 290 valence electrons. The molecule has 6 nitrogen and oxygen atoms in total. The standard InChI is InChI=1S/C43H82O6/c1-6-8-9-10-16-23-28-33-41(44)47-36-40(37-48-42(45)34-29-24-20-19-22-27-32-39(5)7-2)49-43(46)35-30-25-18-15-13-11-12-14-17-21-26-31-38(3)4/h38-40H,6-37H2,1-5H3/t39?,40-/m1/s1. The Kier molecular flexibility index (Phi) is 35.0. The summed E-state index contributed by atoms with van der Waals surface area (Å²) < 4.78 is 16.6. The molecule has 1 unspecified atom stereocenters. The Hall–Kier alpha value is -1.59. The van der Waals surface area contributed by atoms with Crippen LogP contribution in [0.1, 0.15) is 227 Å². The summed E-state index contributed by atoms with van der Waals surface area (Å²) in [5, 5.41) is 0. The minimum Gasteiger partial charge on any atom is -0.462 e. The van der Waals surface area contributed by atoms with Gasteiger partial charge in [0.15, 0.2) is 6.10 Å². The van der Waals surface area contributed by atoms with Gasteiger partial charge in [-0.25, -0.2) is 0 Å². The van der Waals surface area contributed by atoms with E-state index in [-0.39, 0.29) is 31.1 Å². The molecule has 0 aliphatic heterocycles. The van der Waals surface area contributed by atoms with Crippen molar-refractivity contribution in [3.8, 4) is 0 Å². The van der Waals surface area contributed by atoms with Crippen LogP contribution >= 0.6 is 0 Å². The van der Waals surface area contributed by atoms with Gasteiger partial charge >= 0.3 is 17.9 Å². The monoisotopic (exact) mass is 695 g/mol. The first-order valence-electron chi connectivity index (χ1n) is 21.3. The molecule has 0 radical (unpaired) electrons. The normalized spacial score (nSPS) is 12.6. The minimum absolute atomic E-state index is 0.0667. The summed E-state index contributed by atoms with van der Waals surface area (Å²) in [6.07, 6.45) is 32.4. The Bertz CT molecular complexity index is 751. The maximum Gasteiger partial charge on any atom is 0.306 e. The van der Waals surface area contributed by atoms with Gasteiger partial charge < -0.3 is 14.2 Å². The Morgan fingerprint density at radius 3 is 1.16 bits per heavy atom. The second kappa shape index (κ2) is 36.2. The van der Waals surface area contributed by atoms with Crippen molar-refractivity contribution in [2.75, 3.05) is 13.2 Å². The van der Waals surface area contributed by atoms with E-state index in [9.17, 15) is 14.4 Å². The van der Waals surface area contributed by atoms with E-state index in [1.54, 1.807) is 0 Å². The fourth-order valence-electron chi connectivity index (χ4n) is 6.19. The highest BCUT2D eigenvalue weighted by Gasteiger charge is 2.19. The molecule has 0 amide bonds. The number of unbranched alkanes of at least 4 members (excludes halogenated alkanes) is 21. The summed E-state index contributed by atoms with van der Waals surface area (Å²) in [6.45, 7) is 11.3. The molecule has 0 aromatic carbocycles. The molecule has 0 saturated carbocycles. The molecule has 49 heavy (non-hydrogen) atoms. The van der Waals surface area contributed by atoms with Crippen molar-refractivity contribution < 1.29 is 28.6 Å². The molecule has 0 rings (SSSR count). The second-order valence-electron chi connectivity index (χ2n) is 15.3. The van der Waals surface area contributed by atoms with Gasteiger partial charge in [-0.1, -0.05) is 189 Å². The van der Waals surface area contributed by atoms with Gasteiger partial charge in [-0.3, -0.25) is 14.4 Å². The average molecular weight is 695 g/mol. The Morgan fingerprint density at radius 2 is 0.776 bits per heavy atom. The van der Waals surface area contributed by atoms with Crippen LogP contribution in [0.4, 0.5) is 0 Å². The van der Waals surface area contributed by atoms with Gasteiger partial charge in [0.1, 0.15) is 13.2 Å². The number of ether oxygens (including phenoxy) is 3. The molecule has 0 aromatic rings. The first-order valence-corrected chi connectivity index (χ1v) is 21.3. The van der Waals surface area contributed by atoms with Crippen molar-refractivity contribution in [1.29, 1.82) is 0 Å². The molecule has 0 heterocycles. The Labute approximate surface area is 304 Å². The average Bonchev–Trinajstić information content (AvgIpc) is 3.08. The van der Waals surface area contributed by atoms with Gasteiger partial charge in [0.2, 0.25) is 0 Å². The first-order chi connectivity index (χ1) is 23.8. The molecular weight excluding hydrogens is 612 g/mol. The molecule has 0 bridgehead atoms. The van der Waals surface area contributed by atoms with Crippen molar-refractivity contribution in [3.63, 3.8) is 0 Å². The smallest absolute Gasteiger partial charge is 0.306 e. The molecule has 0 spiro atoms. The molecular formula is C43H82O6. The summed E-state index contributed by atoms with van der Waals surface area (Å²) in [5.74, 6) is 0.769. The van der Waals surface area contributed by atoms with E-state index in [2.05, 4.69) is 34.6 Å². The number of hydrogen-bond acceptors (Lipinski definition) is 6. The highest BCUT2D eigenvalue weighted by atomic mass is 16.6. The third kappa shape index (κ3) is 36.0. The first kappa shape index (κ1) is 47.4. The molecule has 0 aliphatic rings. The number of carbonyl (C=O) groups excluding carboxylic acids is 3. The Morgan fingerprint density at radius 1 is 0.429 bits per heavy atom. The molecule has 2 atom stereocenters. The SMILES string of the molecule is CCCCCCCCCC(=O)OC[C@H](COC(=O)CCCCCCCCC(C)CC)OC(=O)CCCCCCCCCCCCCC(C)C. The zero-order chi connectivity index (χ0) is 36.2. The number of carbonyl (C=O) groups is 3. The van der Waals surface area contributed by atoms with Crippen LogP contribution in [0, 0.1) is 11.8 Å². The van der Waals surface area contributed by atoms with Crippen LogP contribution in [0.5, 0.6) is 0 Å². The maximum absolute atomic E-state index is 12.7. The van der Waals surface area contributed by atoms with Crippen LogP contribution in [-0.2, 0) is 28.6 Å². The quantitative estimate of drug-likeness (QED) is 0.0366. The van der Waals surface area contributed by atoms with Crippen molar-refractivity contribution in [2.45, 2.75) is 233 Å². The molecule has 0 fully saturated rings. The third-order valence-electron chi connectivity index (χ3n) is 9.83. The van der Waals surface area contributed by atoms with E-state index in [1.807, 2.05) is 0 Å². The predicted molar refractivity (Wildman–Crippen MR) is 206 cm³/mol. The summed E-state index contributed by atoms with van der Waals surface area (Å²) >= 11 is 0. The number of esters is 3. The highest BCUT2D eigenvalue weighted by Crippen LogP contribution is 2.16. The van der Waals surface area contributed by atoms with Gasteiger partial charge in [0.25, 0.3) is 0 Å². The third-order valence-corrected chi connectivity index (χ3v) is 9.83. The van der Waals surface area contributed by atoms with E-state index in [4.69, 9.17) is 14.2 Å². The predicted octanol–water partition coefficient (Wildman–Crippen LogP) is 13.0. The van der Waals surface area contributed by atoms with Crippen LogP contribution in [0.2, 0.25) is 0 Å². The fraction of sp³-hybridized carbons (Fsp3) is 0.930. The summed E-state index contributed by atoms with van der Waals surface area (Å²) in [4.78, 5) is 37.5. The topological polar surface area (TPSA) is 78.9 Å². The van der Waals surface area contributed by atoms with Crippen LogP contribution in [-0.4, -0.2) is 37.2 Å². The van der Waals surface area contributed by atoms with Gasteiger partial charge in [0, 0.05) is 19.3 Å². The lowest BCUT2D eigenvalue weighted by molar-refractivity contribution is -0.167. The lowest BCUT2D eigenvalue weighted by atomic mass is 10.00. The number of hydrogen-bond donors (Lipinski definition) is 0. The molecule has 6 heteroatoms. The van der Waals surface area contributed by atoms with Crippen molar-refractivity contribution in [1.82, 2.24) is 0 Å². The van der Waals surface area contributed by atoms with Crippen molar-refractivity contribution in [3.05, 3.63) is 0 Å². The zero-order valence-corrected chi connectivity index (χ0v) is 33.3. The molecule has 0 aliphatic carbocycles. The molecule has 0 N–H and O–H groups in total. The summed E-state index contributed by atoms with van der Waals surface area (Å²) in [5.41, 5.74) is 0. The minimum atomic E-state index is -0.759. The summed E-state index contributed by atoms with van der Waals surface area (Å²) in [7, 11) is 0. The van der Waals surface area contributed by atoms with E-state index in [1.165, 1.54) is 116 Å². The van der Waals surface area contributed by atoms with Crippen LogP contribution in [0.25, 0.3) is 0 Å². The van der Waals surface area contributed by atoms with E-state index >= 15 is 0 Å². The summed E-state index contributed by atoms with van der Waals surface area (Å²) in [6, 6.07) is 0. The largest absolute Gasteiger partial charge is 0.462 e. The lowest BCUT2D eigenvalue weighted by Crippen LogP contribution is -2.30. The lowest BCUT2D eigenvalue weighted by Gasteiger charge is -2.18. The van der Waals surface area contributed by atoms with Crippen molar-refractivity contribution >= 4 is 17.9 Å². The van der Waals surface area contributed by atoms with E-state index in [0.29, 0.717) is 19.3 Å². The molecule has 0 saturated heterocycles. The van der Waals surface area contributed by atoms with Gasteiger partial charge in [-0.2, -0.15) is 0 Å². The van der Waals surface area contributed by atoms with E-state index < -0.39 is 6.10 Å². The van der Waals surface area contributed by atoms with Gasteiger partial charge in [0.05, 0.1) is 0 Å². The highest BCUT2D eigenvalue weighted by molar-refractivity contribution is 5.71. The maximum atomic E-state index is 12.7. The molecule has 0 aromatic heterocycles. The zero-order valence-electron chi connectivity index (χ0n) is 33.3. The Balaban J connectivity index is 4.31. The van der Waals surface area contributed by atoms with Gasteiger partial charge in [-0.05, 0) is 31.1 Å². The van der Waals surface area contributed by atoms with Crippen LogP contribution in [0.15, 0.2) is 0 Å². The van der Waals surface area contributed by atoms with Crippen LogP contribution < -0.4 is 0 Å². The van der Waals surface area contributed by atoms with Gasteiger partial charge in [-0.15, -0.1) is 0 Å². The van der Waals surface area contributed by atoms with Crippen LogP contribution in [0.3, 0.4) is 0 Å². The number of rotatable bonds is 37.